The van der Waals surface area contributed by atoms with E-state index in [0.717, 1.165) is 49.4 Å². The van der Waals surface area contributed by atoms with Crippen molar-refractivity contribution in [2.24, 2.45) is 5.92 Å². The van der Waals surface area contributed by atoms with E-state index < -0.39 is 0 Å². The molecule has 2 aliphatic rings. The van der Waals surface area contributed by atoms with Gasteiger partial charge in [-0.25, -0.2) is 0 Å². The molecule has 2 aromatic heterocycles. The Morgan fingerprint density at radius 2 is 1.93 bits per heavy atom. The number of pyridine rings is 1. The Balaban J connectivity index is 1.48. The zero-order chi connectivity index (χ0) is 20.7. The highest BCUT2D eigenvalue weighted by Gasteiger charge is 2.36. The average Bonchev–Trinajstić information content (AvgIpc) is 3.22. The van der Waals surface area contributed by atoms with Crippen LogP contribution in [0.2, 0.25) is 0 Å². The maximum absolute atomic E-state index is 12.7. The van der Waals surface area contributed by atoms with Crippen LogP contribution in [0.1, 0.15) is 29.8 Å². The summed E-state index contributed by atoms with van der Waals surface area (Å²) >= 11 is 1.81. The molecule has 0 aliphatic carbocycles. The molecule has 1 aromatic carbocycles. The fraction of sp³-hybridized carbons (Fsp3) is 0.333. The molecule has 6 heteroatoms. The molecular formula is C24H25N3O2S. The van der Waals surface area contributed by atoms with Gasteiger partial charge in [0.25, 0.3) is 5.56 Å². The summed E-state index contributed by atoms with van der Waals surface area (Å²) < 4.78 is 2.01. The van der Waals surface area contributed by atoms with Crippen molar-refractivity contribution >= 4 is 22.9 Å². The van der Waals surface area contributed by atoms with Crippen molar-refractivity contribution < 1.29 is 4.79 Å². The minimum Gasteiger partial charge on any atom is -0.326 e. The lowest BCUT2D eigenvalue weighted by Gasteiger charge is -2.43. The molecule has 1 saturated heterocycles. The van der Waals surface area contributed by atoms with Gasteiger partial charge in [0.1, 0.15) is 0 Å². The van der Waals surface area contributed by atoms with E-state index >= 15 is 0 Å². The molecule has 2 atom stereocenters. The van der Waals surface area contributed by atoms with Gasteiger partial charge in [-0.2, -0.15) is 0 Å². The first-order chi connectivity index (χ1) is 14.6. The number of nitrogens with zero attached hydrogens (tertiary/aromatic N) is 2. The minimum atomic E-state index is -0.0783. The summed E-state index contributed by atoms with van der Waals surface area (Å²) in [6.45, 7) is 5.33. The molecule has 1 fully saturated rings. The van der Waals surface area contributed by atoms with Crippen molar-refractivity contribution in [3.05, 3.63) is 74.8 Å². The zero-order valence-electron chi connectivity index (χ0n) is 17.0. The molecule has 5 rings (SSSR count). The van der Waals surface area contributed by atoms with Gasteiger partial charge in [-0.15, -0.1) is 11.3 Å². The second-order valence-corrected chi connectivity index (χ2v) is 9.44. The molecule has 2 bridgehead atoms. The first-order valence-corrected chi connectivity index (χ1v) is 11.3. The molecule has 3 aromatic rings. The predicted octanol–water partition coefficient (Wildman–Crippen LogP) is 4.15. The number of piperidine rings is 1. The molecule has 2 aliphatic heterocycles. The molecule has 30 heavy (non-hydrogen) atoms. The van der Waals surface area contributed by atoms with Crippen LogP contribution >= 0.6 is 11.3 Å². The van der Waals surface area contributed by atoms with Crippen LogP contribution in [0.15, 0.2) is 58.7 Å². The Kier molecular flexibility index (Phi) is 5.05. The number of aromatic nitrogens is 1. The number of amides is 1. The van der Waals surface area contributed by atoms with Gasteiger partial charge < -0.3 is 9.88 Å². The van der Waals surface area contributed by atoms with E-state index in [2.05, 4.69) is 27.7 Å². The Morgan fingerprint density at radius 1 is 1.10 bits per heavy atom. The smallest absolute Gasteiger partial charge is 0.250 e. The topological polar surface area (TPSA) is 54.3 Å². The van der Waals surface area contributed by atoms with Crippen LogP contribution in [-0.4, -0.2) is 28.5 Å². The predicted molar refractivity (Wildman–Crippen MR) is 121 cm³/mol. The third-order valence-electron chi connectivity index (χ3n) is 6.14. The number of hydrogen-bond donors (Lipinski definition) is 1. The van der Waals surface area contributed by atoms with E-state index in [1.54, 1.807) is 6.07 Å². The highest BCUT2D eigenvalue weighted by atomic mass is 32.1. The van der Waals surface area contributed by atoms with Crippen molar-refractivity contribution in [2.75, 3.05) is 18.4 Å². The largest absolute Gasteiger partial charge is 0.326 e. The number of likely N-dealkylation sites (tertiary alicyclic amines) is 1. The summed E-state index contributed by atoms with van der Waals surface area (Å²) in [6.07, 6.45) is 1.14. The highest BCUT2D eigenvalue weighted by Crippen LogP contribution is 2.40. The van der Waals surface area contributed by atoms with Gasteiger partial charge in [0.05, 0.1) is 0 Å². The fourth-order valence-electron chi connectivity index (χ4n) is 5.05. The highest BCUT2D eigenvalue weighted by molar-refractivity contribution is 7.09. The van der Waals surface area contributed by atoms with Gasteiger partial charge >= 0.3 is 0 Å². The second kappa shape index (κ2) is 7.85. The van der Waals surface area contributed by atoms with E-state index in [9.17, 15) is 9.59 Å². The van der Waals surface area contributed by atoms with Gasteiger partial charge in [-0.3, -0.25) is 14.5 Å². The quantitative estimate of drug-likeness (QED) is 0.691. The summed E-state index contributed by atoms with van der Waals surface area (Å²) in [5.41, 5.74) is 4.27. The number of nitrogens with one attached hydrogen (secondary N) is 1. The Morgan fingerprint density at radius 3 is 2.67 bits per heavy atom. The lowest BCUT2D eigenvalue weighted by Crippen LogP contribution is -2.46. The lowest BCUT2D eigenvalue weighted by molar-refractivity contribution is -0.114. The number of carbonyl (C=O) groups is 1. The van der Waals surface area contributed by atoms with Crippen molar-refractivity contribution in [3.8, 4) is 11.1 Å². The number of rotatable bonds is 4. The third-order valence-corrected chi connectivity index (χ3v) is 7.00. The monoisotopic (exact) mass is 419 g/mol. The Hall–Kier alpha value is -2.70. The molecule has 1 N–H and O–H groups in total. The van der Waals surface area contributed by atoms with Gasteiger partial charge in [0.2, 0.25) is 5.91 Å². The molecule has 0 spiro atoms. The molecule has 0 radical (unpaired) electrons. The Bertz CT molecular complexity index is 1120. The number of thiophene rings is 1. The first kappa shape index (κ1) is 19.3. The molecule has 4 heterocycles. The van der Waals surface area contributed by atoms with Crippen LogP contribution < -0.4 is 10.9 Å². The molecule has 2 unspecified atom stereocenters. The summed E-state index contributed by atoms with van der Waals surface area (Å²) in [5.74, 6) is 0.799. The number of carbonyl (C=O) groups excluding carboxylic acids is 1. The van der Waals surface area contributed by atoms with Crippen molar-refractivity contribution in [1.29, 1.82) is 0 Å². The lowest BCUT2D eigenvalue weighted by atomic mass is 9.80. The number of benzene rings is 1. The molecule has 154 valence electrons. The van der Waals surface area contributed by atoms with E-state index in [1.165, 1.54) is 17.5 Å². The van der Waals surface area contributed by atoms with Gasteiger partial charge in [0, 0.05) is 66.9 Å². The normalized spacial score (nSPS) is 20.6. The first-order valence-electron chi connectivity index (χ1n) is 10.4. The van der Waals surface area contributed by atoms with Crippen molar-refractivity contribution in [2.45, 2.75) is 32.4 Å². The number of fused-ring (bicyclic) bond motifs is 4. The summed E-state index contributed by atoms with van der Waals surface area (Å²) in [7, 11) is 0. The van der Waals surface area contributed by atoms with Gasteiger partial charge in [-0.1, -0.05) is 18.2 Å². The molecule has 5 nitrogen and oxygen atoms in total. The van der Waals surface area contributed by atoms with E-state index in [-0.39, 0.29) is 11.5 Å². The summed E-state index contributed by atoms with van der Waals surface area (Å²) in [4.78, 5) is 28.0. The van der Waals surface area contributed by atoms with Crippen LogP contribution in [0.4, 0.5) is 5.69 Å². The van der Waals surface area contributed by atoms with Crippen LogP contribution in [0.5, 0.6) is 0 Å². The SMILES string of the molecule is CC(=O)Nc1ccc(-c2ccc(=O)n3c2C2CC(CN(Cc4cccs4)C2)C3)cc1. The Labute approximate surface area is 180 Å². The summed E-state index contributed by atoms with van der Waals surface area (Å²) in [6, 6.07) is 15.9. The maximum atomic E-state index is 12.7. The van der Waals surface area contributed by atoms with Gasteiger partial charge in [0.15, 0.2) is 0 Å². The minimum absolute atomic E-state index is 0.0783. The van der Waals surface area contributed by atoms with Crippen molar-refractivity contribution in [1.82, 2.24) is 9.47 Å². The van der Waals surface area contributed by atoms with E-state index in [4.69, 9.17) is 0 Å². The maximum Gasteiger partial charge on any atom is 0.250 e. The van der Waals surface area contributed by atoms with E-state index in [0.29, 0.717) is 11.8 Å². The zero-order valence-corrected chi connectivity index (χ0v) is 17.8. The van der Waals surface area contributed by atoms with Gasteiger partial charge in [-0.05, 0) is 47.5 Å². The van der Waals surface area contributed by atoms with Crippen molar-refractivity contribution in [3.63, 3.8) is 0 Å². The van der Waals surface area contributed by atoms with Crippen LogP contribution in [0, 0.1) is 5.92 Å². The van der Waals surface area contributed by atoms with Crippen LogP contribution in [0.3, 0.4) is 0 Å². The summed E-state index contributed by atoms with van der Waals surface area (Å²) in [5, 5.41) is 4.95. The second-order valence-electron chi connectivity index (χ2n) is 8.41. The number of anilines is 1. The number of hydrogen-bond acceptors (Lipinski definition) is 4. The molecular weight excluding hydrogens is 394 g/mol. The standard InChI is InChI=1S/C24H25N3O2S/c1-16(28)25-20-6-4-18(5-7-20)22-8-9-23(29)27-13-17-11-19(24(22)27)14-26(12-17)15-21-3-2-10-30-21/h2-10,17,19H,11-15H2,1H3,(H,25,28). The van der Waals surface area contributed by atoms with Crippen LogP contribution in [0.25, 0.3) is 11.1 Å². The van der Waals surface area contributed by atoms with E-state index in [1.807, 2.05) is 46.2 Å². The molecule has 0 saturated carbocycles. The third kappa shape index (κ3) is 3.73. The molecule has 1 amide bonds. The average molecular weight is 420 g/mol. The fourth-order valence-corrected chi connectivity index (χ4v) is 5.79. The van der Waals surface area contributed by atoms with Crippen LogP contribution in [-0.2, 0) is 17.9 Å².